The van der Waals surface area contributed by atoms with Crippen LogP contribution in [0.1, 0.15) is 68.9 Å². The molecule has 1 aliphatic heterocycles. The number of nitrogens with zero attached hydrogens (tertiary/aromatic N) is 3. The van der Waals surface area contributed by atoms with Gasteiger partial charge in [-0.15, -0.1) is 0 Å². The zero-order chi connectivity index (χ0) is 22.1. The van der Waals surface area contributed by atoms with Crippen LogP contribution in [-0.4, -0.2) is 20.8 Å². The summed E-state index contributed by atoms with van der Waals surface area (Å²) in [5.74, 6) is 0.933. The van der Waals surface area contributed by atoms with E-state index in [1.807, 2.05) is 18.3 Å². The fourth-order valence-electron chi connectivity index (χ4n) is 4.78. The van der Waals surface area contributed by atoms with E-state index >= 15 is 0 Å². The van der Waals surface area contributed by atoms with E-state index in [-0.39, 0.29) is 12.1 Å². The normalized spacial score (nSPS) is 21.3. The van der Waals surface area contributed by atoms with Crippen LogP contribution in [0.4, 0.5) is 5.69 Å². The first-order chi connectivity index (χ1) is 15.6. The summed E-state index contributed by atoms with van der Waals surface area (Å²) in [7, 11) is 0. The zero-order valence-corrected chi connectivity index (χ0v) is 19.5. The van der Waals surface area contributed by atoms with E-state index in [9.17, 15) is 0 Å². The third-order valence-electron chi connectivity index (χ3n) is 6.49. The van der Waals surface area contributed by atoms with Crippen LogP contribution >= 0.6 is 12.2 Å². The molecule has 2 atom stereocenters. The molecule has 32 heavy (non-hydrogen) atoms. The Kier molecular flexibility index (Phi) is 5.87. The molecule has 1 saturated heterocycles. The second-order valence-electron chi connectivity index (χ2n) is 9.00. The molecule has 1 aliphatic carbocycles. The first-order valence-electron chi connectivity index (χ1n) is 11.5. The lowest BCUT2D eigenvalue weighted by Crippen LogP contribution is -2.29. The van der Waals surface area contributed by atoms with Gasteiger partial charge in [0.15, 0.2) is 5.11 Å². The molecule has 3 aromatic rings. The van der Waals surface area contributed by atoms with Crippen molar-refractivity contribution in [3.05, 3.63) is 78.4 Å². The molecule has 2 fully saturated rings. The van der Waals surface area contributed by atoms with E-state index < -0.39 is 0 Å². The second-order valence-corrected chi connectivity index (χ2v) is 9.39. The van der Waals surface area contributed by atoms with Crippen molar-refractivity contribution in [2.45, 2.75) is 63.8 Å². The van der Waals surface area contributed by atoms with Gasteiger partial charge in [0, 0.05) is 30.3 Å². The Labute approximate surface area is 195 Å². The molecule has 2 aliphatic rings. The van der Waals surface area contributed by atoms with Gasteiger partial charge >= 0.3 is 0 Å². The standard InChI is InChI=1S/C26H30N4OS/c1-18(2)29-16-14-19(17-29)25-24(23-9-5-6-15-27-23)28-26(32)30(25)20-10-12-22(13-11-20)31-21-7-3-4-8-21/h5-6,9-18,21,24-25H,3-4,7-8H2,1-2H3,(H,28,32)/t24-,25+/m1/s1. The summed E-state index contributed by atoms with van der Waals surface area (Å²) in [6.07, 6.45) is 11.4. The van der Waals surface area contributed by atoms with Gasteiger partial charge in [-0.1, -0.05) is 6.07 Å². The molecule has 166 valence electrons. The molecule has 5 rings (SSSR count). The molecule has 3 heterocycles. The highest BCUT2D eigenvalue weighted by atomic mass is 32.1. The maximum Gasteiger partial charge on any atom is 0.174 e. The van der Waals surface area contributed by atoms with Crippen molar-refractivity contribution >= 4 is 23.0 Å². The van der Waals surface area contributed by atoms with Crippen molar-refractivity contribution in [3.8, 4) is 5.75 Å². The van der Waals surface area contributed by atoms with E-state index in [4.69, 9.17) is 17.0 Å². The van der Waals surface area contributed by atoms with Gasteiger partial charge in [0.1, 0.15) is 5.75 Å². The van der Waals surface area contributed by atoms with Crippen LogP contribution in [0.25, 0.3) is 0 Å². The molecule has 0 amide bonds. The number of anilines is 1. The summed E-state index contributed by atoms with van der Waals surface area (Å²) in [6.45, 7) is 4.39. The summed E-state index contributed by atoms with van der Waals surface area (Å²) in [5, 5.41) is 4.25. The maximum atomic E-state index is 6.17. The van der Waals surface area contributed by atoms with Crippen molar-refractivity contribution in [2.24, 2.45) is 0 Å². The summed E-state index contributed by atoms with van der Waals surface area (Å²) in [5.41, 5.74) is 3.26. The van der Waals surface area contributed by atoms with Crippen LogP contribution in [-0.2, 0) is 0 Å². The lowest BCUT2D eigenvalue weighted by Gasteiger charge is -2.27. The van der Waals surface area contributed by atoms with E-state index in [2.05, 4.69) is 82.4 Å². The Hall–Kier alpha value is -2.86. The van der Waals surface area contributed by atoms with Crippen molar-refractivity contribution in [2.75, 3.05) is 4.90 Å². The molecule has 6 heteroatoms. The molecule has 1 N–H and O–H groups in total. The average Bonchev–Trinajstić information content (AvgIpc) is 3.55. The van der Waals surface area contributed by atoms with Gasteiger partial charge in [-0.3, -0.25) is 4.98 Å². The number of pyridine rings is 1. The van der Waals surface area contributed by atoms with Gasteiger partial charge in [0.25, 0.3) is 0 Å². The summed E-state index contributed by atoms with van der Waals surface area (Å²) in [6, 6.07) is 17.0. The molecular formula is C26H30N4OS. The minimum absolute atomic E-state index is 0.0130. The molecular weight excluding hydrogens is 416 g/mol. The van der Waals surface area contributed by atoms with Gasteiger partial charge < -0.3 is 19.5 Å². The number of thiocarbonyl (C=S) groups is 1. The number of hydrogen-bond donors (Lipinski definition) is 1. The molecule has 0 unspecified atom stereocenters. The minimum atomic E-state index is -0.0267. The van der Waals surface area contributed by atoms with Gasteiger partial charge in [-0.05, 0) is 99.8 Å². The molecule has 0 spiro atoms. The van der Waals surface area contributed by atoms with Crippen LogP contribution in [0.15, 0.2) is 67.1 Å². The lowest BCUT2D eigenvalue weighted by atomic mass is 9.98. The Morgan fingerprint density at radius 2 is 1.84 bits per heavy atom. The number of aromatic nitrogens is 2. The van der Waals surface area contributed by atoms with E-state index in [1.165, 1.54) is 18.4 Å². The monoisotopic (exact) mass is 446 g/mol. The summed E-state index contributed by atoms with van der Waals surface area (Å²) in [4.78, 5) is 6.85. The second kappa shape index (κ2) is 8.94. The van der Waals surface area contributed by atoms with Crippen LogP contribution < -0.4 is 15.0 Å². The molecule has 0 bridgehead atoms. The van der Waals surface area contributed by atoms with Gasteiger partial charge in [0.05, 0.1) is 23.9 Å². The number of nitrogens with one attached hydrogen (secondary N) is 1. The number of rotatable bonds is 6. The number of benzene rings is 1. The fourth-order valence-corrected chi connectivity index (χ4v) is 5.13. The van der Waals surface area contributed by atoms with Crippen molar-refractivity contribution in [1.82, 2.24) is 14.9 Å². The predicted molar refractivity (Wildman–Crippen MR) is 132 cm³/mol. The molecule has 2 aromatic heterocycles. The highest BCUT2D eigenvalue weighted by Gasteiger charge is 2.41. The lowest BCUT2D eigenvalue weighted by molar-refractivity contribution is 0.210. The third-order valence-corrected chi connectivity index (χ3v) is 6.81. The van der Waals surface area contributed by atoms with Crippen LogP contribution in [0.2, 0.25) is 0 Å². The summed E-state index contributed by atoms with van der Waals surface area (Å²) < 4.78 is 8.41. The average molecular weight is 447 g/mol. The van der Waals surface area contributed by atoms with Crippen molar-refractivity contribution in [3.63, 3.8) is 0 Å². The number of hydrogen-bond acceptors (Lipinski definition) is 3. The Morgan fingerprint density at radius 1 is 1.06 bits per heavy atom. The Balaban J connectivity index is 1.48. The molecule has 0 radical (unpaired) electrons. The minimum Gasteiger partial charge on any atom is -0.490 e. The van der Waals surface area contributed by atoms with Crippen LogP contribution in [0.5, 0.6) is 5.75 Å². The molecule has 1 aromatic carbocycles. The van der Waals surface area contributed by atoms with Gasteiger partial charge in [-0.2, -0.15) is 0 Å². The number of ether oxygens (including phenoxy) is 1. The van der Waals surface area contributed by atoms with Crippen molar-refractivity contribution < 1.29 is 4.74 Å². The van der Waals surface area contributed by atoms with Crippen LogP contribution in [0, 0.1) is 0 Å². The topological polar surface area (TPSA) is 42.3 Å². The van der Waals surface area contributed by atoms with E-state index in [0.29, 0.717) is 17.3 Å². The summed E-state index contributed by atoms with van der Waals surface area (Å²) >= 11 is 5.83. The Bertz CT molecular complexity index is 1060. The highest BCUT2D eigenvalue weighted by Crippen LogP contribution is 2.42. The van der Waals surface area contributed by atoms with Crippen LogP contribution in [0.3, 0.4) is 0 Å². The Morgan fingerprint density at radius 3 is 2.50 bits per heavy atom. The van der Waals surface area contributed by atoms with E-state index in [1.54, 1.807) is 0 Å². The third kappa shape index (κ3) is 4.11. The van der Waals surface area contributed by atoms with Gasteiger partial charge in [-0.25, -0.2) is 0 Å². The maximum absolute atomic E-state index is 6.17. The molecule has 5 nitrogen and oxygen atoms in total. The molecule has 1 saturated carbocycles. The SMILES string of the molecule is CC(C)n1ccc([C@H]2[C@@H](c3ccccn3)NC(=S)N2c2ccc(OC3CCCC3)cc2)c1. The zero-order valence-electron chi connectivity index (χ0n) is 18.6. The first kappa shape index (κ1) is 21.0. The quantitative estimate of drug-likeness (QED) is 0.473. The van der Waals surface area contributed by atoms with Gasteiger partial charge in [0.2, 0.25) is 0 Å². The predicted octanol–water partition coefficient (Wildman–Crippen LogP) is 5.96. The van der Waals surface area contributed by atoms with Crippen molar-refractivity contribution in [1.29, 1.82) is 0 Å². The first-order valence-corrected chi connectivity index (χ1v) is 12.0. The van der Waals surface area contributed by atoms with E-state index in [0.717, 1.165) is 30.0 Å². The fraction of sp³-hybridized carbons (Fsp3) is 0.385. The largest absolute Gasteiger partial charge is 0.490 e. The highest BCUT2D eigenvalue weighted by molar-refractivity contribution is 7.80. The smallest absolute Gasteiger partial charge is 0.174 e.